The molecular weight excluding hydrogens is 512 g/mol. The molecule has 0 aliphatic heterocycles. The minimum atomic E-state index is 0.716. The number of fused-ring (bicyclic) bond motifs is 6. The molecule has 8 aromatic rings. The van der Waals surface area contributed by atoms with Crippen LogP contribution in [0.1, 0.15) is 0 Å². The minimum absolute atomic E-state index is 0.716. The van der Waals surface area contributed by atoms with E-state index in [9.17, 15) is 0 Å². The summed E-state index contributed by atoms with van der Waals surface area (Å²) >= 11 is 0. The van der Waals surface area contributed by atoms with E-state index in [0.717, 1.165) is 33.6 Å². The van der Waals surface area contributed by atoms with Crippen LogP contribution in [-0.4, -0.2) is 19.9 Å². The van der Waals surface area contributed by atoms with E-state index in [1.54, 1.807) is 0 Å². The lowest BCUT2D eigenvalue weighted by Crippen LogP contribution is -1.93. The van der Waals surface area contributed by atoms with Crippen molar-refractivity contribution in [2.24, 2.45) is 0 Å². The highest BCUT2D eigenvalue weighted by Gasteiger charge is 2.13. The molecule has 8 rings (SSSR count). The first-order valence-corrected chi connectivity index (χ1v) is 14.0. The Bertz CT molecular complexity index is 2060. The molecule has 0 amide bonds. The van der Waals surface area contributed by atoms with Gasteiger partial charge >= 0.3 is 0 Å². The lowest BCUT2D eigenvalue weighted by molar-refractivity contribution is 1.18. The van der Waals surface area contributed by atoms with E-state index in [1.165, 1.54) is 32.3 Å². The summed E-state index contributed by atoms with van der Waals surface area (Å²) in [6.45, 7) is 0. The number of aromatic nitrogens is 4. The number of benzene rings is 6. The van der Waals surface area contributed by atoms with Crippen LogP contribution in [0.3, 0.4) is 0 Å². The highest BCUT2D eigenvalue weighted by Crippen LogP contribution is 2.38. The van der Waals surface area contributed by atoms with E-state index < -0.39 is 0 Å². The molecule has 4 heteroatoms. The van der Waals surface area contributed by atoms with Gasteiger partial charge in [0.2, 0.25) is 0 Å². The van der Waals surface area contributed by atoms with Crippen molar-refractivity contribution in [1.82, 2.24) is 19.9 Å². The van der Waals surface area contributed by atoms with E-state index in [0.29, 0.717) is 11.6 Å². The Morgan fingerprint density at radius 1 is 0.310 bits per heavy atom. The summed E-state index contributed by atoms with van der Waals surface area (Å²) in [6.07, 6.45) is 3.67. The van der Waals surface area contributed by atoms with Gasteiger partial charge in [-0.3, -0.25) is 0 Å². The van der Waals surface area contributed by atoms with Gasteiger partial charge in [-0.1, -0.05) is 109 Å². The Labute approximate surface area is 243 Å². The van der Waals surface area contributed by atoms with E-state index in [1.807, 2.05) is 60.9 Å². The Morgan fingerprint density at radius 2 is 0.714 bits per heavy atom. The van der Waals surface area contributed by atoms with Crippen LogP contribution in [-0.2, 0) is 0 Å². The molecule has 0 N–H and O–H groups in total. The van der Waals surface area contributed by atoms with Crippen LogP contribution in [0.4, 0.5) is 0 Å². The first kappa shape index (κ1) is 24.1. The Balaban J connectivity index is 1.28. The molecule has 42 heavy (non-hydrogen) atoms. The summed E-state index contributed by atoms with van der Waals surface area (Å²) in [5.41, 5.74) is 5.96. The summed E-state index contributed by atoms with van der Waals surface area (Å²) in [5.74, 6) is 1.43. The highest BCUT2D eigenvalue weighted by molar-refractivity contribution is 6.26. The second-order valence-electron chi connectivity index (χ2n) is 10.3. The van der Waals surface area contributed by atoms with Crippen LogP contribution >= 0.6 is 0 Å². The molecule has 0 atom stereocenters. The van der Waals surface area contributed by atoms with E-state index >= 15 is 0 Å². The first-order valence-electron chi connectivity index (χ1n) is 14.0. The minimum Gasteiger partial charge on any atom is -0.237 e. The monoisotopic (exact) mass is 536 g/mol. The van der Waals surface area contributed by atoms with Crippen molar-refractivity contribution >= 4 is 32.3 Å². The van der Waals surface area contributed by atoms with Gasteiger partial charge < -0.3 is 0 Å². The van der Waals surface area contributed by atoms with Gasteiger partial charge in [-0.25, -0.2) is 19.9 Å². The van der Waals surface area contributed by atoms with Gasteiger partial charge in [0.15, 0.2) is 11.6 Å². The van der Waals surface area contributed by atoms with Crippen LogP contribution in [0, 0.1) is 0 Å². The number of nitrogens with zero attached hydrogens (tertiary/aromatic N) is 4. The Kier molecular flexibility index (Phi) is 5.75. The molecule has 6 aromatic carbocycles. The lowest BCUT2D eigenvalue weighted by atomic mass is 9.92. The summed E-state index contributed by atoms with van der Waals surface area (Å²) in [4.78, 5) is 19.1. The molecule has 196 valence electrons. The van der Waals surface area contributed by atoms with Crippen molar-refractivity contribution in [3.05, 3.63) is 146 Å². The smallest absolute Gasteiger partial charge is 0.159 e. The van der Waals surface area contributed by atoms with Crippen LogP contribution in [0.15, 0.2) is 146 Å². The van der Waals surface area contributed by atoms with Crippen molar-refractivity contribution in [1.29, 1.82) is 0 Å². The van der Waals surface area contributed by atoms with Crippen molar-refractivity contribution in [2.45, 2.75) is 0 Å². The standard InChI is InChI=1S/C38H24N4/c1-3-9-25(10-4-1)35-19-21-39-37(41-35)27-15-17-31-32-18-16-28(24-34(32)30-14-8-7-13-29(30)33(31)23-27)38-40-22-20-36(42-38)26-11-5-2-6-12-26/h1-24H. The fourth-order valence-corrected chi connectivity index (χ4v) is 5.77. The Morgan fingerprint density at radius 3 is 1.17 bits per heavy atom. The molecule has 0 radical (unpaired) electrons. The lowest BCUT2D eigenvalue weighted by Gasteiger charge is -2.13. The largest absolute Gasteiger partial charge is 0.237 e. The summed E-state index contributed by atoms with van der Waals surface area (Å²) in [5, 5.41) is 7.13. The molecule has 0 fully saturated rings. The molecule has 0 aliphatic rings. The zero-order valence-corrected chi connectivity index (χ0v) is 22.6. The van der Waals surface area contributed by atoms with Crippen LogP contribution in [0.2, 0.25) is 0 Å². The topological polar surface area (TPSA) is 51.6 Å². The third-order valence-corrected chi connectivity index (χ3v) is 7.80. The molecule has 4 nitrogen and oxygen atoms in total. The van der Waals surface area contributed by atoms with E-state index in [-0.39, 0.29) is 0 Å². The number of hydrogen-bond acceptors (Lipinski definition) is 4. The van der Waals surface area contributed by atoms with Crippen LogP contribution in [0.5, 0.6) is 0 Å². The molecule has 2 heterocycles. The van der Waals surface area contributed by atoms with Crippen LogP contribution in [0.25, 0.3) is 77.6 Å². The quantitative estimate of drug-likeness (QED) is 0.210. The maximum Gasteiger partial charge on any atom is 0.159 e. The van der Waals surface area contributed by atoms with Gasteiger partial charge in [0.05, 0.1) is 11.4 Å². The molecule has 0 saturated heterocycles. The number of hydrogen-bond donors (Lipinski definition) is 0. The Hall–Kier alpha value is -5.74. The van der Waals surface area contributed by atoms with Crippen molar-refractivity contribution in [2.75, 3.05) is 0 Å². The SMILES string of the molecule is c1ccc(-c2ccnc(-c3ccc4c5ccc(-c6nccc(-c7ccccc7)n6)cc5c5ccccc5c4c3)n2)cc1. The second-order valence-corrected chi connectivity index (χ2v) is 10.3. The van der Waals surface area contributed by atoms with Crippen molar-refractivity contribution in [3.8, 4) is 45.3 Å². The normalized spacial score (nSPS) is 11.3. The fraction of sp³-hybridized carbons (Fsp3) is 0. The molecular formula is C38H24N4. The van der Waals surface area contributed by atoms with E-state index in [2.05, 4.69) is 94.9 Å². The first-order chi connectivity index (χ1) is 20.8. The third kappa shape index (κ3) is 4.18. The summed E-state index contributed by atoms with van der Waals surface area (Å²) in [7, 11) is 0. The van der Waals surface area contributed by atoms with Gasteiger partial charge in [-0.05, 0) is 56.6 Å². The van der Waals surface area contributed by atoms with Gasteiger partial charge in [0, 0.05) is 34.6 Å². The molecule has 2 aromatic heterocycles. The second kappa shape index (κ2) is 10.0. The average molecular weight is 537 g/mol. The van der Waals surface area contributed by atoms with Crippen molar-refractivity contribution < 1.29 is 0 Å². The predicted molar refractivity (Wildman–Crippen MR) is 172 cm³/mol. The van der Waals surface area contributed by atoms with Gasteiger partial charge in [0.25, 0.3) is 0 Å². The van der Waals surface area contributed by atoms with Crippen molar-refractivity contribution in [3.63, 3.8) is 0 Å². The zero-order valence-electron chi connectivity index (χ0n) is 22.6. The molecule has 0 unspecified atom stereocenters. The summed E-state index contributed by atoms with van der Waals surface area (Å²) in [6, 6.07) is 46.0. The van der Waals surface area contributed by atoms with Gasteiger partial charge in [-0.2, -0.15) is 0 Å². The third-order valence-electron chi connectivity index (χ3n) is 7.80. The molecule has 0 spiro atoms. The average Bonchev–Trinajstić information content (AvgIpc) is 3.09. The molecule has 0 aliphatic carbocycles. The van der Waals surface area contributed by atoms with E-state index in [4.69, 9.17) is 9.97 Å². The fourth-order valence-electron chi connectivity index (χ4n) is 5.77. The maximum absolute atomic E-state index is 4.91. The summed E-state index contributed by atoms with van der Waals surface area (Å²) < 4.78 is 0. The molecule has 0 saturated carbocycles. The van der Waals surface area contributed by atoms with Gasteiger partial charge in [0.1, 0.15) is 0 Å². The number of rotatable bonds is 4. The highest BCUT2D eigenvalue weighted by atomic mass is 14.9. The molecule has 0 bridgehead atoms. The predicted octanol–water partition coefficient (Wildman–Crippen LogP) is 9.39. The zero-order chi connectivity index (χ0) is 27.9. The van der Waals surface area contributed by atoms with Gasteiger partial charge in [-0.15, -0.1) is 0 Å². The van der Waals surface area contributed by atoms with Crippen LogP contribution < -0.4 is 0 Å². The maximum atomic E-state index is 4.91.